The zero-order valence-electron chi connectivity index (χ0n) is 10.7. The molecule has 6 nitrogen and oxygen atoms in total. The molecule has 0 saturated carbocycles. The molecule has 100 valence electrons. The van der Waals surface area contributed by atoms with Crippen molar-refractivity contribution in [1.29, 1.82) is 0 Å². The van der Waals surface area contributed by atoms with E-state index >= 15 is 0 Å². The third-order valence-electron chi connectivity index (χ3n) is 2.39. The molecular formula is C11H22N2O4. The maximum atomic E-state index is 11.7. The summed E-state index contributed by atoms with van der Waals surface area (Å²) in [5.41, 5.74) is 0. The second-order valence-electron chi connectivity index (χ2n) is 3.86. The topological polar surface area (TPSA) is 78.9 Å². The summed E-state index contributed by atoms with van der Waals surface area (Å²) in [4.78, 5) is 23.7. The quantitative estimate of drug-likeness (QED) is 0.667. The van der Waals surface area contributed by atoms with E-state index in [1.165, 1.54) is 4.90 Å². The lowest BCUT2D eigenvalue weighted by Crippen LogP contribution is -2.44. The summed E-state index contributed by atoms with van der Waals surface area (Å²) >= 11 is 0. The van der Waals surface area contributed by atoms with Gasteiger partial charge in [0.25, 0.3) is 0 Å². The second-order valence-corrected chi connectivity index (χ2v) is 3.86. The Balaban J connectivity index is 4.02. The molecule has 0 rings (SSSR count). The fourth-order valence-electron chi connectivity index (χ4n) is 1.30. The molecule has 0 saturated heterocycles. The maximum absolute atomic E-state index is 11.7. The van der Waals surface area contributed by atoms with Crippen LogP contribution in [0.2, 0.25) is 0 Å². The average Bonchev–Trinajstić information content (AvgIpc) is 2.26. The highest BCUT2D eigenvalue weighted by Gasteiger charge is 2.14. The van der Waals surface area contributed by atoms with Gasteiger partial charge in [0.05, 0.1) is 6.42 Å². The van der Waals surface area contributed by atoms with Gasteiger partial charge < -0.3 is 20.1 Å². The van der Waals surface area contributed by atoms with Gasteiger partial charge in [0, 0.05) is 32.8 Å². The molecule has 0 aliphatic rings. The number of methoxy groups -OCH3 is 1. The van der Waals surface area contributed by atoms with Crippen molar-refractivity contribution >= 4 is 12.0 Å². The van der Waals surface area contributed by atoms with Gasteiger partial charge in [-0.25, -0.2) is 4.79 Å². The lowest BCUT2D eigenvalue weighted by Gasteiger charge is -2.23. The summed E-state index contributed by atoms with van der Waals surface area (Å²) in [6.07, 6.45) is 0.701. The van der Waals surface area contributed by atoms with Crippen LogP contribution in [0.4, 0.5) is 4.79 Å². The van der Waals surface area contributed by atoms with Gasteiger partial charge in [-0.2, -0.15) is 0 Å². The van der Waals surface area contributed by atoms with Crippen LogP contribution < -0.4 is 5.32 Å². The van der Waals surface area contributed by atoms with E-state index in [0.29, 0.717) is 13.2 Å². The lowest BCUT2D eigenvalue weighted by molar-refractivity contribution is -0.137. The van der Waals surface area contributed by atoms with Crippen molar-refractivity contribution in [2.45, 2.75) is 32.7 Å². The first-order valence-corrected chi connectivity index (χ1v) is 5.77. The van der Waals surface area contributed by atoms with Gasteiger partial charge in [-0.05, 0) is 20.3 Å². The van der Waals surface area contributed by atoms with Crippen molar-refractivity contribution in [3.63, 3.8) is 0 Å². The summed E-state index contributed by atoms with van der Waals surface area (Å²) in [5, 5.41) is 11.4. The molecule has 0 radical (unpaired) electrons. The number of aliphatic carboxylic acids is 1. The van der Waals surface area contributed by atoms with Crippen molar-refractivity contribution in [3.8, 4) is 0 Å². The van der Waals surface area contributed by atoms with Crippen LogP contribution in [0, 0.1) is 0 Å². The van der Waals surface area contributed by atoms with Crippen molar-refractivity contribution in [2.75, 3.05) is 26.8 Å². The largest absolute Gasteiger partial charge is 0.481 e. The minimum atomic E-state index is -0.899. The summed E-state index contributed by atoms with van der Waals surface area (Å²) in [6, 6.07) is -0.210. The van der Waals surface area contributed by atoms with Gasteiger partial charge in [0.1, 0.15) is 0 Å². The molecule has 0 aromatic heterocycles. The fraction of sp³-hybridized carbons (Fsp3) is 0.818. The van der Waals surface area contributed by atoms with Gasteiger partial charge in [-0.15, -0.1) is 0 Å². The molecule has 0 spiro atoms. The van der Waals surface area contributed by atoms with Crippen LogP contribution in [0.3, 0.4) is 0 Å². The van der Waals surface area contributed by atoms with E-state index in [0.717, 1.165) is 6.42 Å². The predicted octanol–water partition coefficient (Wildman–Crippen LogP) is 0.918. The Morgan fingerprint density at radius 2 is 2.12 bits per heavy atom. The van der Waals surface area contributed by atoms with Gasteiger partial charge in [-0.1, -0.05) is 0 Å². The molecule has 0 aliphatic carbocycles. The number of hydrogen-bond acceptors (Lipinski definition) is 3. The summed E-state index contributed by atoms with van der Waals surface area (Å²) in [7, 11) is 1.61. The van der Waals surface area contributed by atoms with Crippen LogP contribution in [-0.2, 0) is 9.53 Å². The first kappa shape index (κ1) is 15.7. The van der Waals surface area contributed by atoms with Gasteiger partial charge in [0.15, 0.2) is 0 Å². The van der Waals surface area contributed by atoms with E-state index in [9.17, 15) is 9.59 Å². The number of nitrogens with zero attached hydrogens (tertiary/aromatic N) is 1. The Kier molecular flexibility index (Phi) is 8.13. The minimum Gasteiger partial charge on any atom is -0.481 e. The van der Waals surface area contributed by atoms with Crippen LogP contribution in [0.15, 0.2) is 0 Å². The van der Waals surface area contributed by atoms with E-state index in [1.807, 2.05) is 13.8 Å². The van der Waals surface area contributed by atoms with Crippen LogP contribution in [0.25, 0.3) is 0 Å². The molecule has 0 aromatic carbocycles. The zero-order chi connectivity index (χ0) is 13.3. The van der Waals surface area contributed by atoms with Gasteiger partial charge >= 0.3 is 12.0 Å². The van der Waals surface area contributed by atoms with Crippen molar-refractivity contribution < 1.29 is 19.4 Å². The van der Waals surface area contributed by atoms with Crippen molar-refractivity contribution in [1.82, 2.24) is 10.2 Å². The summed E-state index contributed by atoms with van der Waals surface area (Å²) in [5.74, 6) is -0.899. The van der Waals surface area contributed by atoms with Gasteiger partial charge in [0.2, 0.25) is 0 Å². The molecule has 1 atom stereocenters. The molecule has 0 heterocycles. The van der Waals surface area contributed by atoms with E-state index in [-0.39, 0.29) is 25.0 Å². The number of amides is 2. The molecule has 0 fully saturated rings. The molecule has 6 heteroatoms. The number of carboxylic acids is 1. The molecule has 2 amide bonds. The Bertz CT molecular complexity index is 246. The van der Waals surface area contributed by atoms with Crippen LogP contribution in [0.1, 0.15) is 26.7 Å². The Labute approximate surface area is 102 Å². The van der Waals surface area contributed by atoms with E-state index in [1.54, 1.807) is 7.11 Å². The number of rotatable bonds is 8. The molecule has 0 aliphatic heterocycles. The summed E-state index contributed by atoms with van der Waals surface area (Å²) in [6.45, 7) is 5.02. The second kappa shape index (κ2) is 8.81. The number of ether oxygens (including phenoxy) is 1. The monoisotopic (exact) mass is 246 g/mol. The zero-order valence-corrected chi connectivity index (χ0v) is 10.7. The van der Waals surface area contributed by atoms with Crippen molar-refractivity contribution in [2.24, 2.45) is 0 Å². The van der Waals surface area contributed by atoms with Crippen LogP contribution in [-0.4, -0.2) is 54.9 Å². The van der Waals surface area contributed by atoms with Gasteiger partial charge in [-0.3, -0.25) is 4.79 Å². The first-order chi connectivity index (χ1) is 8.01. The highest BCUT2D eigenvalue weighted by molar-refractivity contribution is 5.75. The standard InChI is InChI=1S/C11H22N2O4/c1-4-13(7-5-10(14)15)11(16)12-9(2)6-8-17-3/h9H,4-8H2,1-3H3,(H,12,16)(H,14,15). The third-order valence-corrected chi connectivity index (χ3v) is 2.39. The maximum Gasteiger partial charge on any atom is 0.317 e. The number of hydrogen-bond donors (Lipinski definition) is 2. The van der Waals surface area contributed by atoms with Crippen LogP contribution in [0.5, 0.6) is 0 Å². The predicted molar refractivity (Wildman–Crippen MR) is 64.0 cm³/mol. The third kappa shape index (κ3) is 7.57. The van der Waals surface area contributed by atoms with Crippen LogP contribution >= 0.6 is 0 Å². The molecule has 1 unspecified atom stereocenters. The van der Waals surface area contributed by atoms with E-state index in [2.05, 4.69) is 5.32 Å². The van der Waals surface area contributed by atoms with Crippen molar-refractivity contribution in [3.05, 3.63) is 0 Å². The number of nitrogens with one attached hydrogen (secondary N) is 1. The smallest absolute Gasteiger partial charge is 0.317 e. The molecule has 0 bridgehead atoms. The highest BCUT2D eigenvalue weighted by Crippen LogP contribution is 1.97. The Morgan fingerprint density at radius 1 is 1.47 bits per heavy atom. The van der Waals surface area contributed by atoms with E-state index in [4.69, 9.17) is 9.84 Å². The first-order valence-electron chi connectivity index (χ1n) is 5.77. The molecule has 2 N–H and O–H groups in total. The number of carbonyl (C=O) groups is 2. The average molecular weight is 246 g/mol. The minimum absolute atomic E-state index is 0.0151. The van der Waals surface area contributed by atoms with E-state index < -0.39 is 5.97 Å². The molecule has 17 heavy (non-hydrogen) atoms. The summed E-state index contributed by atoms with van der Waals surface area (Å²) < 4.78 is 4.92. The Morgan fingerprint density at radius 3 is 2.59 bits per heavy atom. The molecule has 0 aromatic rings. The lowest BCUT2D eigenvalue weighted by atomic mass is 10.2. The normalized spacial score (nSPS) is 11.9. The number of carbonyl (C=O) groups excluding carboxylic acids is 1. The highest BCUT2D eigenvalue weighted by atomic mass is 16.5. The number of urea groups is 1. The fourth-order valence-corrected chi connectivity index (χ4v) is 1.30. The molecular weight excluding hydrogens is 224 g/mol. The Hall–Kier alpha value is -1.30. The number of carboxylic acid groups (broad SMARTS) is 1. The SMILES string of the molecule is CCN(CCC(=O)O)C(=O)NC(C)CCOC.